The standard InChI is InChI=1S/C10H16O4/c1-9(2,3)14-8(13)7(12)10(4,5)6-11/h6H,1-5H3. The van der Waals surface area contributed by atoms with Crippen molar-refractivity contribution in [3.05, 3.63) is 0 Å². The van der Waals surface area contributed by atoms with Crippen LogP contribution < -0.4 is 0 Å². The number of hydrogen-bond acceptors (Lipinski definition) is 4. The summed E-state index contributed by atoms with van der Waals surface area (Å²) in [5.41, 5.74) is -2.02. The highest BCUT2D eigenvalue weighted by atomic mass is 16.6. The average Bonchev–Trinajstić information content (AvgIpc) is 2.00. The fraction of sp³-hybridized carbons (Fsp3) is 0.700. The number of ketones is 1. The normalized spacial score (nSPS) is 12.1. The minimum atomic E-state index is -1.30. The lowest BCUT2D eigenvalue weighted by atomic mass is 9.90. The van der Waals surface area contributed by atoms with Crippen LogP contribution in [0.5, 0.6) is 0 Å². The maximum Gasteiger partial charge on any atom is 0.376 e. The molecule has 4 nitrogen and oxygen atoms in total. The molecule has 0 N–H and O–H groups in total. The summed E-state index contributed by atoms with van der Waals surface area (Å²) in [5.74, 6) is -1.78. The lowest BCUT2D eigenvalue weighted by Crippen LogP contribution is -2.37. The molecule has 80 valence electrons. The molecule has 0 spiro atoms. The van der Waals surface area contributed by atoms with Gasteiger partial charge in [0.05, 0.1) is 5.41 Å². The molecule has 0 amide bonds. The van der Waals surface area contributed by atoms with E-state index in [0.717, 1.165) is 0 Å². The molecule has 0 aromatic heterocycles. The number of carbonyl (C=O) groups excluding carboxylic acids is 3. The van der Waals surface area contributed by atoms with Gasteiger partial charge in [-0.15, -0.1) is 0 Å². The molecule has 0 radical (unpaired) electrons. The molecule has 0 aliphatic carbocycles. The Morgan fingerprint density at radius 3 is 1.79 bits per heavy atom. The van der Waals surface area contributed by atoms with Crippen molar-refractivity contribution < 1.29 is 19.1 Å². The predicted molar refractivity (Wildman–Crippen MR) is 50.7 cm³/mol. The van der Waals surface area contributed by atoms with Crippen LogP contribution in [0, 0.1) is 5.41 Å². The van der Waals surface area contributed by atoms with E-state index in [2.05, 4.69) is 0 Å². The van der Waals surface area contributed by atoms with E-state index >= 15 is 0 Å². The van der Waals surface area contributed by atoms with Crippen molar-refractivity contribution in [3.63, 3.8) is 0 Å². The van der Waals surface area contributed by atoms with Crippen LogP contribution in [0.25, 0.3) is 0 Å². The van der Waals surface area contributed by atoms with Gasteiger partial charge in [0.2, 0.25) is 0 Å². The second-order valence-corrected chi connectivity index (χ2v) is 4.67. The molecule has 0 aromatic rings. The molecule has 0 heterocycles. The molecule has 14 heavy (non-hydrogen) atoms. The summed E-state index contributed by atoms with van der Waals surface area (Å²) in [5, 5.41) is 0. The molecule has 4 heteroatoms. The highest BCUT2D eigenvalue weighted by Crippen LogP contribution is 2.16. The smallest absolute Gasteiger partial charge is 0.376 e. The van der Waals surface area contributed by atoms with E-state index in [9.17, 15) is 14.4 Å². The summed E-state index contributed by atoms with van der Waals surface area (Å²) in [7, 11) is 0. The molecule has 0 aliphatic rings. The van der Waals surface area contributed by atoms with Gasteiger partial charge in [0.1, 0.15) is 11.9 Å². The number of hydrogen-bond donors (Lipinski definition) is 0. The quantitative estimate of drug-likeness (QED) is 0.296. The van der Waals surface area contributed by atoms with Crippen molar-refractivity contribution in [2.45, 2.75) is 40.2 Å². The Hall–Kier alpha value is -1.19. The topological polar surface area (TPSA) is 60.4 Å². The number of aldehydes is 1. The maximum absolute atomic E-state index is 11.4. The van der Waals surface area contributed by atoms with Crippen LogP contribution in [-0.2, 0) is 19.1 Å². The van der Waals surface area contributed by atoms with Crippen LogP contribution in [0.1, 0.15) is 34.6 Å². The van der Waals surface area contributed by atoms with E-state index in [0.29, 0.717) is 6.29 Å². The van der Waals surface area contributed by atoms with Crippen molar-refractivity contribution in [3.8, 4) is 0 Å². The van der Waals surface area contributed by atoms with Crippen LogP contribution in [0.3, 0.4) is 0 Å². The Bertz CT molecular complexity index is 258. The second kappa shape index (κ2) is 3.90. The Kier molecular flexibility index (Phi) is 3.57. The predicted octanol–water partition coefficient (Wildman–Crippen LogP) is 1.12. The van der Waals surface area contributed by atoms with Gasteiger partial charge in [0.15, 0.2) is 0 Å². The number of rotatable bonds is 3. The monoisotopic (exact) mass is 200 g/mol. The SMILES string of the molecule is CC(C)(C)OC(=O)C(=O)C(C)(C)C=O. The van der Waals surface area contributed by atoms with Gasteiger partial charge in [0.25, 0.3) is 5.78 Å². The summed E-state index contributed by atoms with van der Waals surface area (Å²) in [4.78, 5) is 33.1. The van der Waals surface area contributed by atoms with Crippen molar-refractivity contribution >= 4 is 18.0 Å². The highest BCUT2D eigenvalue weighted by Gasteiger charge is 2.35. The van der Waals surface area contributed by atoms with Gasteiger partial charge in [-0.1, -0.05) is 0 Å². The Morgan fingerprint density at radius 2 is 1.50 bits per heavy atom. The summed E-state index contributed by atoms with van der Waals surface area (Å²) in [6, 6.07) is 0. The first-order chi connectivity index (χ1) is 6.10. The van der Waals surface area contributed by atoms with Crippen molar-refractivity contribution in [1.82, 2.24) is 0 Å². The summed E-state index contributed by atoms with van der Waals surface area (Å²) >= 11 is 0. The number of carbonyl (C=O) groups is 3. The fourth-order valence-corrected chi connectivity index (χ4v) is 0.641. The number of ether oxygens (including phenoxy) is 1. The van der Waals surface area contributed by atoms with Crippen molar-refractivity contribution in [1.29, 1.82) is 0 Å². The van der Waals surface area contributed by atoms with Gasteiger partial charge in [-0.05, 0) is 34.6 Å². The third kappa shape index (κ3) is 3.68. The van der Waals surface area contributed by atoms with Gasteiger partial charge >= 0.3 is 5.97 Å². The molecule has 0 fully saturated rings. The van der Waals surface area contributed by atoms with E-state index in [1.54, 1.807) is 20.8 Å². The molecule has 0 rings (SSSR count). The molecule has 0 bridgehead atoms. The molecular weight excluding hydrogens is 184 g/mol. The van der Waals surface area contributed by atoms with Crippen molar-refractivity contribution in [2.75, 3.05) is 0 Å². The van der Waals surface area contributed by atoms with Crippen LogP contribution >= 0.6 is 0 Å². The maximum atomic E-state index is 11.4. The second-order valence-electron chi connectivity index (χ2n) is 4.67. The summed E-state index contributed by atoms with van der Waals surface area (Å²) in [6.07, 6.45) is 0.444. The first-order valence-corrected chi connectivity index (χ1v) is 4.34. The molecule has 0 aromatic carbocycles. The van der Waals surface area contributed by atoms with E-state index in [-0.39, 0.29) is 0 Å². The molecule has 0 saturated heterocycles. The van der Waals surface area contributed by atoms with E-state index < -0.39 is 22.8 Å². The van der Waals surface area contributed by atoms with Gasteiger partial charge < -0.3 is 9.53 Å². The molecule has 0 atom stereocenters. The van der Waals surface area contributed by atoms with Crippen LogP contribution in [-0.4, -0.2) is 23.6 Å². The minimum absolute atomic E-state index is 0.444. The third-order valence-corrected chi connectivity index (χ3v) is 1.46. The van der Waals surface area contributed by atoms with Crippen LogP contribution in [0.15, 0.2) is 0 Å². The first kappa shape index (κ1) is 12.8. The molecule has 0 unspecified atom stereocenters. The zero-order valence-corrected chi connectivity index (χ0v) is 9.21. The van der Waals surface area contributed by atoms with Gasteiger partial charge in [0, 0.05) is 0 Å². The van der Waals surface area contributed by atoms with Crippen LogP contribution in [0.2, 0.25) is 0 Å². The third-order valence-electron chi connectivity index (χ3n) is 1.46. The summed E-state index contributed by atoms with van der Waals surface area (Å²) in [6.45, 7) is 7.74. The van der Waals surface area contributed by atoms with Gasteiger partial charge in [-0.2, -0.15) is 0 Å². The van der Waals surface area contributed by atoms with E-state index in [4.69, 9.17) is 4.74 Å². The Labute approximate surface area is 83.6 Å². The lowest BCUT2D eigenvalue weighted by molar-refractivity contribution is -0.166. The minimum Gasteiger partial charge on any atom is -0.454 e. The molecular formula is C10H16O4. The number of esters is 1. The zero-order valence-electron chi connectivity index (χ0n) is 9.21. The van der Waals surface area contributed by atoms with E-state index in [1.807, 2.05) is 0 Å². The Morgan fingerprint density at radius 1 is 1.07 bits per heavy atom. The molecule has 0 aliphatic heterocycles. The largest absolute Gasteiger partial charge is 0.454 e. The van der Waals surface area contributed by atoms with Crippen LogP contribution in [0.4, 0.5) is 0 Å². The van der Waals surface area contributed by atoms with E-state index in [1.165, 1.54) is 13.8 Å². The van der Waals surface area contributed by atoms with Gasteiger partial charge in [-0.3, -0.25) is 4.79 Å². The zero-order chi connectivity index (χ0) is 11.6. The van der Waals surface area contributed by atoms with Gasteiger partial charge in [-0.25, -0.2) is 4.79 Å². The fourth-order valence-electron chi connectivity index (χ4n) is 0.641. The Balaban J connectivity index is 4.58. The highest BCUT2D eigenvalue weighted by molar-refractivity contribution is 6.38. The molecule has 0 saturated carbocycles. The van der Waals surface area contributed by atoms with Crippen molar-refractivity contribution in [2.24, 2.45) is 5.41 Å². The summed E-state index contributed by atoms with van der Waals surface area (Å²) < 4.78 is 4.84. The number of Topliss-reactive ketones (excluding diaryl/α,β-unsaturated/α-hetero) is 1. The lowest BCUT2D eigenvalue weighted by Gasteiger charge is -2.21. The first-order valence-electron chi connectivity index (χ1n) is 4.34. The average molecular weight is 200 g/mol.